The van der Waals surface area contributed by atoms with Crippen LogP contribution < -0.4 is 5.32 Å². The largest absolute Gasteiger partial charge is 0.385 e. The summed E-state index contributed by atoms with van der Waals surface area (Å²) < 4.78 is 0. The molecule has 108 valence electrons. The fourth-order valence-corrected chi connectivity index (χ4v) is 3.03. The Morgan fingerprint density at radius 2 is 2.00 bits per heavy atom. The Kier molecular flexibility index (Phi) is 4.46. The van der Waals surface area contributed by atoms with Crippen LogP contribution in [0.3, 0.4) is 0 Å². The van der Waals surface area contributed by atoms with Gasteiger partial charge in [0.25, 0.3) is 0 Å². The SMILES string of the molecule is Cc1ccc2nc(SCCCNc3ccccc3)[nH]c2c1. The zero-order valence-electron chi connectivity index (χ0n) is 12.1. The molecule has 3 aromatic rings. The highest BCUT2D eigenvalue weighted by molar-refractivity contribution is 7.99. The quantitative estimate of drug-likeness (QED) is 0.521. The van der Waals surface area contributed by atoms with E-state index in [0.717, 1.165) is 34.9 Å². The van der Waals surface area contributed by atoms with E-state index in [2.05, 4.69) is 52.5 Å². The molecule has 1 heterocycles. The van der Waals surface area contributed by atoms with Gasteiger partial charge in [0.2, 0.25) is 0 Å². The van der Waals surface area contributed by atoms with Crippen molar-refractivity contribution in [2.75, 3.05) is 17.6 Å². The molecule has 3 rings (SSSR count). The van der Waals surface area contributed by atoms with Gasteiger partial charge in [-0.15, -0.1) is 0 Å². The molecule has 0 unspecified atom stereocenters. The lowest BCUT2D eigenvalue weighted by atomic mass is 10.2. The Balaban J connectivity index is 1.46. The number of benzene rings is 2. The summed E-state index contributed by atoms with van der Waals surface area (Å²) in [5.41, 5.74) is 4.61. The van der Waals surface area contributed by atoms with Gasteiger partial charge in [0.15, 0.2) is 5.16 Å². The van der Waals surface area contributed by atoms with Crippen LogP contribution in [-0.2, 0) is 0 Å². The molecule has 1 aromatic heterocycles. The van der Waals surface area contributed by atoms with Crippen molar-refractivity contribution in [1.82, 2.24) is 9.97 Å². The van der Waals surface area contributed by atoms with E-state index in [1.54, 1.807) is 11.8 Å². The molecule has 2 aromatic carbocycles. The molecule has 0 atom stereocenters. The van der Waals surface area contributed by atoms with Crippen LogP contribution in [0.4, 0.5) is 5.69 Å². The van der Waals surface area contributed by atoms with Crippen molar-refractivity contribution >= 4 is 28.5 Å². The van der Waals surface area contributed by atoms with Crippen LogP contribution in [-0.4, -0.2) is 22.3 Å². The van der Waals surface area contributed by atoms with Crippen LogP contribution in [0.1, 0.15) is 12.0 Å². The first-order valence-electron chi connectivity index (χ1n) is 7.19. The fraction of sp³-hybridized carbons (Fsp3) is 0.235. The lowest BCUT2D eigenvalue weighted by Gasteiger charge is -2.04. The average Bonchev–Trinajstić information content (AvgIpc) is 2.90. The Morgan fingerprint density at radius 3 is 2.86 bits per heavy atom. The van der Waals surface area contributed by atoms with Crippen molar-refractivity contribution in [3.63, 3.8) is 0 Å². The predicted molar refractivity (Wildman–Crippen MR) is 91.1 cm³/mol. The van der Waals surface area contributed by atoms with E-state index in [9.17, 15) is 0 Å². The highest BCUT2D eigenvalue weighted by atomic mass is 32.2. The maximum Gasteiger partial charge on any atom is 0.166 e. The third kappa shape index (κ3) is 3.79. The summed E-state index contributed by atoms with van der Waals surface area (Å²) in [6.07, 6.45) is 1.11. The van der Waals surface area contributed by atoms with E-state index < -0.39 is 0 Å². The summed E-state index contributed by atoms with van der Waals surface area (Å²) in [5, 5.41) is 4.43. The Hall–Kier alpha value is -1.94. The molecular formula is C17H19N3S. The summed E-state index contributed by atoms with van der Waals surface area (Å²) in [7, 11) is 0. The molecule has 0 amide bonds. The number of aromatic amines is 1. The van der Waals surface area contributed by atoms with Gasteiger partial charge in [-0.25, -0.2) is 4.98 Å². The van der Waals surface area contributed by atoms with Crippen LogP contribution in [0.15, 0.2) is 53.7 Å². The Labute approximate surface area is 129 Å². The van der Waals surface area contributed by atoms with Gasteiger partial charge in [-0.2, -0.15) is 0 Å². The third-order valence-electron chi connectivity index (χ3n) is 3.28. The number of aromatic nitrogens is 2. The molecule has 21 heavy (non-hydrogen) atoms. The van der Waals surface area contributed by atoms with Crippen molar-refractivity contribution in [3.8, 4) is 0 Å². The maximum absolute atomic E-state index is 4.60. The zero-order valence-corrected chi connectivity index (χ0v) is 12.9. The van der Waals surface area contributed by atoms with Crippen LogP contribution >= 0.6 is 11.8 Å². The van der Waals surface area contributed by atoms with Gasteiger partial charge in [0, 0.05) is 18.0 Å². The molecule has 2 N–H and O–H groups in total. The summed E-state index contributed by atoms with van der Waals surface area (Å²) >= 11 is 1.78. The molecule has 0 radical (unpaired) electrons. The highest BCUT2D eigenvalue weighted by Crippen LogP contribution is 2.20. The first-order chi connectivity index (χ1) is 10.3. The second-order valence-corrected chi connectivity index (χ2v) is 6.14. The third-order valence-corrected chi connectivity index (χ3v) is 4.24. The predicted octanol–water partition coefficient (Wildman–Crippen LogP) is 4.47. The van der Waals surface area contributed by atoms with E-state index in [1.807, 2.05) is 18.2 Å². The Morgan fingerprint density at radius 1 is 1.14 bits per heavy atom. The van der Waals surface area contributed by atoms with Crippen LogP contribution in [0.2, 0.25) is 0 Å². The number of thioether (sulfide) groups is 1. The number of aryl methyl sites for hydroxylation is 1. The van der Waals surface area contributed by atoms with Crippen molar-refractivity contribution in [1.29, 1.82) is 0 Å². The molecule has 4 heteroatoms. The summed E-state index contributed by atoms with van der Waals surface area (Å²) in [6.45, 7) is 3.08. The molecule has 3 nitrogen and oxygen atoms in total. The topological polar surface area (TPSA) is 40.7 Å². The molecule has 0 spiro atoms. The molecule has 0 aliphatic heterocycles. The summed E-state index contributed by atoms with van der Waals surface area (Å²) in [4.78, 5) is 7.97. The number of rotatable bonds is 6. The number of nitrogens with zero attached hydrogens (tertiary/aromatic N) is 1. The monoisotopic (exact) mass is 297 g/mol. The fourth-order valence-electron chi connectivity index (χ4n) is 2.20. The lowest BCUT2D eigenvalue weighted by Crippen LogP contribution is -2.02. The van der Waals surface area contributed by atoms with E-state index in [4.69, 9.17) is 0 Å². The average molecular weight is 297 g/mol. The number of imidazole rings is 1. The smallest absolute Gasteiger partial charge is 0.166 e. The minimum absolute atomic E-state index is 0.982. The second kappa shape index (κ2) is 6.68. The minimum atomic E-state index is 0.982. The van der Waals surface area contributed by atoms with Crippen LogP contribution in [0.5, 0.6) is 0 Å². The number of fused-ring (bicyclic) bond motifs is 1. The second-order valence-electron chi connectivity index (χ2n) is 5.06. The normalized spacial score (nSPS) is 10.9. The van der Waals surface area contributed by atoms with Gasteiger partial charge in [-0.1, -0.05) is 36.0 Å². The first kappa shape index (κ1) is 14.0. The highest BCUT2D eigenvalue weighted by Gasteiger charge is 2.03. The summed E-state index contributed by atoms with van der Waals surface area (Å²) in [6, 6.07) is 16.6. The van der Waals surface area contributed by atoms with E-state index in [1.165, 1.54) is 11.3 Å². The van der Waals surface area contributed by atoms with Crippen molar-refractivity contribution in [2.45, 2.75) is 18.5 Å². The number of H-pyrrole nitrogens is 1. The first-order valence-corrected chi connectivity index (χ1v) is 8.18. The molecule has 0 bridgehead atoms. The van der Waals surface area contributed by atoms with Gasteiger partial charge < -0.3 is 10.3 Å². The molecule has 0 saturated heterocycles. The lowest BCUT2D eigenvalue weighted by molar-refractivity contribution is 0.982. The van der Waals surface area contributed by atoms with Gasteiger partial charge in [-0.05, 0) is 43.2 Å². The van der Waals surface area contributed by atoms with Gasteiger partial charge in [0.1, 0.15) is 0 Å². The standard InChI is InChI=1S/C17H19N3S/c1-13-8-9-15-16(12-13)20-17(19-15)21-11-5-10-18-14-6-3-2-4-7-14/h2-4,6-9,12,18H,5,10-11H2,1H3,(H,19,20). The minimum Gasteiger partial charge on any atom is -0.385 e. The zero-order chi connectivity index (χ0) is 14.5. The molecule has 0 saturated carbocycles. The molecule has 0 fully saturated rings. The van der Waals surface area contributed by atoms with Crippen molar-refractivity contribution in [3.05, 3.63) is 54.1 Å². The number of nitrogens with one attached hydrogen (secondary N) is 2. The number of hydrogen-bond acceptors (Lipinski definition) is 3. The van der Waals surface area contributed by atoms with Crippen molar-refractivity contribution in [2.24, 2.45) is 0 Å². The maximum atomic E-state index is 4.60. The van der Waals surface area contributed by atoms with Gasteiger partial charge in [0.05, 0.1) is 11.0 Å². The van der Waals surface area contributed by atoms with Gasteiger partial charge in [-0.3, -0.25) is 0 Å². The van der Waals surface area contributed by atoms with E-state index >= 15 is 0 Å². The Bertz CT molecular complexity index is 706. The van der Waals surface area contributed by atoms with E-state index in [-0.39, 0.29) is 0 Å². The number of para-hydroxylation sites is 1. The summed E-state index contributed by atoms with van der Waals surface area (Å²) in [5.74, 6) is 1.05. The molecule has 0 aliphatic rings. The number of hydrogen-bond donors (Lipinski definition) is 2. The van der Waals surface area contributed by atoms with Crippen LogP contribution in [0, 0.1) is 6.92 Å². The van der Waals surface area contributed by atoms with Gasteiger partial charge >= 0.3 is 0 Å². The molecule has 0 aliphatic carbocycles. The number of anilines is 1. The van der Waals surface area contributed by atoms with Crippen LogP contribution in [0.25, 0.3) is 11.0 Å². The van der Waals surface area contributed by atoms with Crippen molar-refractivity contribution < 1.29 is 0 Å². The van der Waals surface area contributed by atoms with E-state index in [0.29, 0.717) is 0 Å². The molecular weight excluding hydrogens is 278 g/mol.